The van der Waals surface area contributed by atoms with Gasteiger partial charge in [0.1, 0.15) is 5.75 Å². The molecule has 0 aliphatic carbocycles. The standard InChI is InChI=1S/C17H15BrF4IO2/c1-15(2,24)13-5-3-4-6-14(13)23-16(19,20)17(21,22)25-12-9-7-11(18)8-10-12/h3-10,24H,1-2H3/q+1. The van der Waals surface area contributed by atoms with Crippen molar-refractivity contribution in [3.05, 3.63) is 62.1 Å². The van der Waals surface area contributed by atoms with Crippen molar-refractivity contribution >= 4 is 15.9 Å². The maximum atomic E-state index is 14.3. The Labute approximate surface area is 161 Å². The Morgan fingerprint density at radius 3 is 2.08 bits per heavy atom. The van der Waals surface area contributed by atoms with E-state index in [-0.39, 0.29) is 14.9 Å². The lowest BCUT2D eigenvalue weighted by molar-refractivity contribution is -0.794. The van der Waals surface area contributed by atoms with E-state index >= 15 is 0 Å². The summed E-state index contributed by atoms with van der Waals surface area (Å²) in [5, 5.41) is 10.1. The summed E-state index contributed by atoms with van der Waals surface area (Å²) < 4.78 is 57.3. The molecule has 136 valence electrons. The van der Waals surface area contributed by atoms with Crippen molar-refractivity contribution < 1.29 is 48.6 Å². The van der Waals surface area contributed by atoms with Gasteiger partial charge in [0.2, 0.25) is 3.57 Å². The SMILES string of the molecule is CC(C)(O)c1ccccc1[I+]C(F)(F)C(F)(F)Oc1ccc(Br)cc1. The molecule has 0 aliphatic heterocycles. The van der Waals surface area contributed by atoms with Crippen molar-refractivity contribution in [2.45, 2.75) is 29.5 Å². The summed E-state index contributed by atoms with van der Waals surface area (Å²) in [6.07, 6.45) is -4.67. The Kier molecular flexibility index (Phi) is 6.05. The highest BCUT2D eigenvalue weighted by atomic mass is 127. The first-order chi connectivity index (χ1) is 11.4. The molecule has 1 N–H and O–H groups in total. The fourth-order valence-corrected chi connectivity index (χ4v) is 4.87. The Morgan fingerprint density at radius 1 is 0.960 bits per heavy atom. The van der Waals surface area contributed by atoms with Gasteiger partial charge in [-0.25, -0.2) is 0 Å². The fraction of sp³-hybridized carbons (Fsp3) is 0.294. The van der Waals surface area contributed by atoms with Gasteiger partial charge in [0.15, 0.2) is 0 Å². The van der Waals surface area contributed by atoms with E-state index in [4.69, 9.17) is 0 Å². The van der Waals surface area contributed by atoms with Crippen molar-refractivity contribution in [2.75, 3.05) is 0 Å². The van der Waals surface area contributed by atoms with Gasteiger partial charge >= 0.3 is 31.2 Å². The second-order valence-electron chi connectivity index (χ2n) is 5.70. The topological polar surface area (TPSA) is 29.5 Å². The van der Waals surface area contributed by atoms with Crippen LogP contribution < -0.4 is 25.9 Å². The van der Waals surface area contributed by atoms with E-state index in [9.17, 15) is 22.7 Å². The fourth-order valence-electron chi connectivity index (χ4n) is 1.93. The number of halogens is 6. The normalized spacial score (nSPS) is 13.0. The van der Waals surface area contributed by atoms with E-state index in [2.05, 4.69) is 20.7 Å². The number of rotatable bonds is 6. The number of aliphatic hydroxyl groups is 1. The Balaban J connectivity index is 2.27. The van der Waals surface area contributed by atoms with Crippen LogP contribution in [0.2, 0.25) is 0 Å². The highest BCUT2D eigenvalue weighted by molar-refractivity contribution is 9.10. The first kappa shape index (κ1) is 20.4. The van der Waals surface area contributed by atoms with E-state index in [1.807, 2.05) is 0 Å². The van der Waals surface area contributed by atoms with Crippen LogP contribution in [0.4, 0.5) is 17.6 Å². The summed E-state index contributed by atoms with van der Waals surface area (Å²) in [6, 6.07) is 11.0. The van der Waals surface area contributed by atoms with Gasteiger partial charge in [-0.05, 0) is 44.2 Å². The van der Waals surface area contributed by atoms with E-state index in [0.717, 1.165) is 0 Å². The molecule has 0 heterocycles. The molecule has 0 amide bonds. The monoisotopic (exact) mass is 533 g/mol. The molecule has 0 atom stereocenters. The molecule has 0 fully saturated rings. The zero-order valence-corrected chi connectivity index (χ0v) is 17.0. The minimum absolute atomic E-state index is 0.0397. The van der Waals surface area contributed by atoms with Crippen LogP contribution in [0.1, 0.15) is 19.4 Å². The molecule has 0 aromatic heterocycles. The molecule has 0 spiro atoms. The lowest BCUT2D eigenvalue weighted by atomic mass is 9.99. The minimum Gasteiger partial charge on any atom is -0.424 e. The molecule has 0 unspecified atom stereocenters. The Morgan fingerprint density at radius 2 is 1.52 bits per heavy atom. The van der Waals surface area contributed by atoms with Crippen LogP contribution >= 0.6 is 15.9 Å². The van der Waals surface area contributed by atoms with Gasteiger partial charge in [-0.3, -0.25) is 0 Å². The van der Waals surface area contributed by atoms with Crippen LogP contribution in [0.25, 0.3) is 0 Å². The average molecular weight is 534 g/mol. The highest BCUT2D eigenvalue weighted by Gasteiger charge is 2.72. The third-order valence-corrected chi connectivity index (χ3v) is 6.50. The predicted octanol–water partition coefficient (Wildman–Crippen LogP) is 2.20. The first-order valence-corrected chi connectivity index (χ1v) is 10.1. The number of hydrogen-bond acceptors (Lipinski definition) is 2. The Bertz CT molecular complexity index is 730. The van der Waals surface area contributed by atoms with Crippen molar-refractivity contribution in [3.63, 3.8) is 0 Å². The number of alkyl halides is 5. The van der Waals surface area contributed by atoms with Crippen LogP contribution in [-0.4, -0.2) is 15.1 Å². The largest absolute Gasteiger partial charge is 0.551 e. The van der Waals surface area contributed by atoms with Gasteiger partial charge in [0.25, 0.3) is 0 Å². The van der Waals surface area contributed by atoms with Gasteiger partial charge in [0.05, 0.1) is 5.60 Å². The minimum atomic E-state index is -4.67. The molecular formula is C17H15BrF4IO2+. The first-order valence-electron chi connectivity index (χ1n) is 7.10. The van der Waals surface area contributed by atoms with Crippen LogP contribution in [-0.2, 0) is 5.60 Å². The van der Waals surface area contributed by atoms with Gasteiger partial charge in [0, 0.05) is 10.0 Å². The quantitative estimate of drug-likeness (QED) is 0.350. The Hall–Kier alpha value is -0.870. The maximum Gasteiger partial charge on any atom is 0.551 e. The molecule has 2 rings (SSSR count). The van der Waals surface area contributed by atoms with Gasteiger partial charge < -0.3 is 9.84 Å². The van der Waals surface area contributed by atoms with Crippen LogP contribution in [0, 0.1) is 3.57 Å². The summed E-state index contributed by atoms with van der Waals surface area (Å²) in [5.41, 5.74) is -1.20. The summed E-state index contributed by atoms with van der Waals surface area (Å²) in [5.74, 6) is -0.354. The molecule has 0 saturated heterocycles. The maximum absolute atomic E-state index is 14.3. The molecular weight excluding hydrogens is 519 g/mol. The van der Waals surface area contributed by atoms with Crippen molar-refractivity contribution in [2.24, 2.45) is 0 Å². The molecule has 0 bridgehead atoms. The number of hydrogen-bond donors (Lipinski definition) is 1. The molecule has 2 nitrogen and oxygen atoms in total. The van der Waals surface area contributed by atoms with Crippen molar-refractivity contribution in [1.82, 2.24) is 0 Å². The highest BCUT2D eigenvalue weighted by Crippen LogP contribution is 2.31. The zero-order chi connectivity index (χ0) is 18.9. The number of benzene rings is 2. The zero-order valence-electron chi connectivity index (χ0n) is 13.2. The molecule has 0 aliphatic rings. The summed E-state index contributed by atoms with van der Waals surface area (Å²) in [7, 11) is 0. The van der Waals surface area contributed by atoms with E-state index < -0.39 is 36.8 Å². The summed E-state index contributed by atoms with van der Waals surface area (Å²) in [4.78, 5) is 0. The van der Waals surface area contributed by atoms with E-state index in [1.165, 1.54) is 56.3 Å². The van der Waals surface area contributed by atoms with Crippen LogP contribution in [0.3, 0.4) is 0 Å². The van der Waals surface area contributed by atoms with E-state index in [0.29, 0.717) is 4.47 Å². The lowest BCUT2D eigenvalue weighted by Gasteiger charge is -2.20. The van der Waals surface area contributed by atoms with Gasteiger partial charge in [-0.2, -0.15) is 8.78 Å². The second kappa shape index (κ2) is 7.40. The third kappa shape index (κ3) is 5.07. The third-order valence-electron chi connectivity index (χ3n) is 3.14. The molecule has 25 heavy (non-hydrogen) atoms. The molecule has 2 aromatic carbocycles. The predicted molar refractivity (Wildman–Crippen MR) is 85.0 cm³/mol. The van der Waals surface area contributed by atoms with Gasteiger partial charge in [-0.1, -0.05) is 34.1 Å². The number of ether oxygens (including phenoxy) is 1. The molecule has 2 aromatic rings. The van der Waals surface area contributed by atoms with Crippen molar-refractivity contribution in [3.8, 4) is 5.75 Å². The smallest absolute Gasteiger partial charge is 0.424 e. The van der Waals surface area contributed by atoms with E-state index in [1.54, 1.807) is 6.07 Å². The molecule has 0 radical (unpaired) electrons. The van der Waals surface area contributed by atoms with Crippen molar-refractivity contribution in [1.29, 1.82) is 0 Å². The average Bonchev–Trinajstić information content (AvgIpc) is 2.48. The lowest BCUT2D eigenvalue weighted by Crippen LogP contribution is -3.68. The molecule has 8 heteroatoms. The van der Waals surface area contributed by atoms with Crippen LogP contribution in [0.15, 0.2) is 53.0 Å². The summed E-state index contributed by atoms with van der Waals surface area (Å²) in [6.45, 7) is 2.84. The van der Waals surface area contributed by atoms with Crippen LogP contribution in [0.5, 0.6) is 5.75 Å². The van der Waals surface area contributed by atoms with Gasteiger partial charge in [-0.15, -0.1) is 8.78 Å². The second-order valence-corrected chi connectivity index (χ2v) is 9.68. The molecule has 0 saturated carbocycles. The summed E-state index contributed by atoms with van der Waals surface area (Å²) >= 11 is 0.647.